The molecule has 0 unspecified atom stereocenters. The van der Waals surface area contributed by atoms with Gasteiger partial charge in [-0.3, -0.25) is 5.32 Å². The molecule has 0 fully saturated rings. The van der Waals surface area contributed by atoms with Gasteiger partial charge in [0.2, 0.25) is 0 Å². The second kappa shape index (κ2) is 6.39. The molecule has 2 heterocycles. The van der Waals surface area contributed by atoms with Crippen molar-refractivity contribution in [2.24, 2.45) is 0 Å². The van der Waals surface area contributed by atoms with Crippen molar-refractivity contribution in [2.45, 2.75) is 32.7 Å². The Morgan fingerprint density at radius 3 is 2.92 bits per heavy atom. The molecule has 0 bridgehead atoms. The van der Waals surface area contributed by atoms with Gasteiger partial charge in [-0.05, 0) is 23.6 Å². The zero-order chi connectivity index (χ0) is 17.3. The SMILES string of the molecule is CC(C)(C)c1cnc(NC(=O)N2CCOc3ccc(F)cc3C2)s1. The Labute approximate surface area is 144 Å². The molecule has 2 amide bonds. The summed E-state index contributed by atoms with van der Waals surface area (Å²) in [6, 6.07) is 4.11. The Morgan fingerprint density at radius 1 is 1.42 bits per heavy atom. The molecule has 1 aromatic carbocycles. The number of aromatic nitrogens is 1. The van der Waals surface area contributed by atoms with E-state index in [1.54, 1.807) is 17.2 Å². The van der Waals surface area contributed by atoms with Crippen LogP contribution in [0.3, 0.4) is 0 Å². The number of carbonyl (C=O) groups excluding carboxylic acids is 1. The molecule has 1 N–H and O–H groups in total. The molecule has 1 aliphatic rings. The fourth-order valence-electron chi connectivity index (χ4n) is 2.39. The van der Waals surface area contributed by atoms with Crippen molar-refractivity contribution in [1.29, 1.82) is 0 Å². The molecular formula is C17H20FN3O2S. The summed E-state index contributed by atoms with van der Waals surface area (Å²) in [7, 11) is 0. The largest absolute Gasteiger partial charge is 0.491 e. The third kappa shape index (κ3) is 3.67. The maximum atomic E-state index is 13.4. The summed E-state index contributed by atoms with van der Waals surface area (Å²) < 4.78 is 19.0. The van der Waals surface area contributed by atoms with Crippen LogP contribution in [0.5, 0.6) is 5.75 Å². The fraction of sp³-hybridized carbons (Fsp3) is 0.412. The van der Waals surface area contributed by atoms with E-state index in [0.717, 1.165) is 4.88 Å². The molecule has 0 saturated carbocycles. The zero-order valence-electron chi connectivity index (χ0n) is 13.9. The summed E-state index contributed by atoms with van der Waals surface area (Å²) in [4.78, 5) is 19.5. The van der Waals surface area contributed by atoms with Crippen molar-refractivity contribution in [3.05, 3.63) is 40.7 Å². The molecule has 7 heteroatoms. The van der Waals surface area contributed by atoms with E-state index in [4.69, 9.17) is 4.74 Å². The maximum absolute atomic E-state index is 13.4. The third-order valence-electron chi connectivity index (χ3n) is 3.75. The average molecular weight is 349 g/mol. The van der Waals surface area contributed by atoms with Gasteiger partial charge in [0.05, 0.1) is 13.1 Å². The van der Waals surface area contributed by atoms with E-state index < -0.39 is 0 Å². The number of carbonyl (C=O) groups is 1. The first-order valence-electron chi connectivity index (χ1n) is 7.76. The van der Waals surface area contributed by atoms with E-state index in [1.165, 1.54) is 23.5 Å². The number of halogens is 1. The van der Waals surface area contributed by atoms with Crippen molar-refractivity contribution >= 4 is 22.5 Å². The highest BCUT2D eigenvalue weighted by Crippen LogP contribution is 2.30. The number of anilines is 1. The Kier molecular flexibility index (Phi) is 4.45. The van der Waals surface area contributed by atoms with Gasteiger partial charge >= 0.3 is 6.03 Å². The van der Waals surface area contributed by atoms with Gasteiger partial charge in [0.1, 0.15) is 18.2 Å². The van der Waals surface area contributed by atoms with Crippen LogP contribution in [0.15, 0.2) is 24.4 Å². The summed E-state index contributed by atoms with van der Waals surface area (Å²) in [5.74, 6) is 0.283. The molecule has 0 radical (unpaired) electrons. The van der Waals surface area contributed by atoms with Crippen LogP contribution in [-0.4, -0.2) is 29.1 Å². The number of hydrogen-bond acceptors (Lipinski definition) is 4. The molecule has 0 atom stereocenters. The monoisotopic (exact) mass is 349 g/mol. The van der Waals surface area contributed by atoms with Crippen LogP contribution >= 0.6 is 11.3 Å². The first-order valence-corrected chi connectivity index (χ1v) is 8.58. The number of fused-ring (bicyclic) bond motifs is 1. The van der Waals surface area contributed by atoms with E-state index in [-0.39, 0.29) is 17.3 Å². The molecule has 0 aliphatic carbocycles. The molecule has 0 spiro atoms. The third-order valence-corrected chi connectivity index (χ3v) is 5.09. The van der Waals surface area contributed by atoms with Crippen molar-refractivity contribution in [2.75, 3.05) is 18.5 Å². The number of thiazole rings is 1. The highest BCUT2D eigenvalue weighted by Gasteiger charge is 2.22. The molecule has 0 saturated heterocycles. The minimum absolute atomic E-state index is 0.00639. The maximum Gasteiger partial charge on any atom is 0.324 e. The van der Waals surface area contributed by atoms with Crippen molar-refractivity contribution < 1.29 is 13.9 Å². The lowest BCUT2D eigenvalue weighted by Gasteiger charge is -2.19. The van der Waals surface area contributed by atoms with Gasteiger partial charge in [-0.2, -0.15) is 0 Å². The number of hydrogen-bond donors (Lipinski definition) is 1. The predicted octanol–water partition coefficient (Wildman–Crippen LogP) is 4.01. The van der Waals surface area contributed by atoms with Gasteiger partial charge in [-0.15, -0.1) is 11.3 Å². The molecule has 3 rings (SSSR count). The number of ether oxygens (including phenoxy) is 1. The van der Waals surface area contributed by atoms with Gasteiger partial charge in [0.15, 0.2) is 5.13 Å². The highest BCUT2D eigenvalue weighted by atomic mass is 32.1. The molecule has 24 heavy (non-hydrogen) atoms. The van der Waals surface area contributed by atoms with Crippen molar-refractivity contribution in [1.82, 2.24) is 9.88 Å². The molecule has 128 valence electrons. The number of nitrogens with zero attached hydrogens (tertiary/aromatic N) is 2. The fourth-order valence-corrected chi connectivity index (χ4v) is 3.25. The molecular weight excluding hydrogens is 329 g/mol. The number of rotatable bonds is 1. The molecule has 2 aromatic rings. The molecule has 5 nitrogen and oxygen atoms in total. The van der Waals surface area contributed by atoms with Crippen LogP contribution in [-0.2, 0) is 12.0 Å². The second-order valence-corrected chi connectivity index (χ2v) is 7.76. The first kappa shape index (κ1) is 16.7. The number of urea groups is 1. The van der Waals surface area contributed by atoms with E-state index in [0.29, 0.717) is 36.1 Å². The van der Waals surface area contributed by atoms with Crippen molar-refractivity contribution in [3.8, 4) is 5.75 Å². The first-order chi connectivity index (χ1) is 11.3. The number of amides is 2. The Hall–Kier alpha value is -2.15. The van der Waals surface area contributed by atoms with Gasteiger partial charge in [0, 0.05) is 16.6 Å². The van der Waals surface area contributed by atoms with E-state index in [1.807, 2.05) is 0 Å². The smallest absolute Gasteiger partial charge is 0.324 e. The van der Waals surface area contributed by atoms with Gasteiger partial charge in [-0.25, -0.2) is 14.2 Å². The van der Waals surface area contributed by atoms with Crippen LogP contribution in [0.2, 0.25) is 0 Å². The minimum atomic E-state index is -0.339. The normalized spacial score (nSPS) is 14.6. The Bertz CT molecular complexity index is 755. The van der Waals surface area contributed by atoms with Gasteiger partial charge < -0.3 is 9.64 Å². The van der Waals surface area contributed by atoms with Gasteiger partial charge in [-0.1, -0.05) is 20.8 Å². The Morgan fingerprint density at radius 2 is 2.21 bits per heavy atom. The topological polar surface area (TPSA) is 54.5 Å². The van der Waals surface area contributed by atoms with E-state index in [9.17, 15) is 9.18 Å². The zero-order valence-corrected chi connectivity index (χ0v) is 14.7. The Balaban J connectivity index is 1.72. The lowest BCUT2D eigenvalue weighted by molar-refractivity contribution is 0.200. The van der Waals surface area contributed by atoms with Crippen molar-refractivity contribution in [3.63, 3.8) is 0 Å². The summed E-state index contributed by atoms with van der Waals surface area (Å²) in [6.45, 7) is 7.41. The summed E-state index contributed by atoms with van der Waals surface area (Å²) >= 11 is 1.46. The van der Waals surface area contributed by atoms with E-state index in [2.05, 4.69) is 31.1 Å². The summed E-state index contributed by atoms with van der Waals surface area (Å²) in [5, 5.41) is 3.39. The number of nitrogens with one attached hydrogen (secondary N) is 1. The van der Waals surface area contributed by atoms with E-state index >= 15 is 0 Å². The average Bonchev–Trinajstić information content (AvgIpc) is 2.87. The van der Waals surface area contributed by atoms with Crippen LogP contribution in [0.1, 0.15) is 31.2 Å². The second-order valence-electron chi connectivity index (χ2n) is 6.73. The van der Waals surface area contributed by atoms with Gasteiger partial charge in [0.25, 0.3) is 0 Å². The standard InChI is InChI=1S/C17H20FN3O2S/c1-17(2,3)14-9-19-15(24-14)20-16(22)21-6-7-23-13-5-4-12(18)8-11(13)10-21/h4-5,8-9H,6-7,10H2,1-3H3,(H,19,20,22). The summed E-state index contributed by atoms with van der Waals surface area (Å²) in [5.41, 5.74) is 0.658. The highest BCUT2D eigenvalue weighted by molar-refractivity contribution is 7.15. The van der Waals surface area contributed by atoms with Crippen LogP contribution in [0.25, 0.3) is 0 Å². The van der Waals surface area contributed by atoms with Crippen LogP contribution in [0, 0.1) is 5.82 Å². The molecule has 1 aromatic heterocycles. The quantitative estimate of drug-likeness (QED) is 0.846. The summed E-state index contributed by atoms with van der Waals surface area (Å²) in [6.07, 6.45) is 1.79. The minimum Gasteiger partial charge on any atom is -0.491 e. The van der Waals surface area contributed by atoms with Crippen LogP contribution in [0.4, 0.5) is 14.3 Å². The number of benzene rings is 1. The lowest BCUT2D eigenvalue weighted by atomic mass is 9.96. The molecule has 1 aliphatic heterocycles. The lowest BCUT2D eigenvalue weighted by Crippen LogP contribution is -2.36. The van der Waals surface area contributed by atoms with Crippen LogP contribution < -0.4 is 10.1 Å². The predicted molar refractivity (Wildman–Crippen MR) is 92.1 cm³/mol.